The van der Waals surface area contributed by atoms with E-state index < -0.39 is 17.7 Å². The smallest absolute Gasteiger partial charge is 0.365 e. The molecule has 9 heteroatoms. The number of rotatable bonds is 5. The van der Waals surface area contributed by atoms with Crippen molar-refractivity contribution in [3.05, 3.63) is 94.3 Å². The quantitative estimate of drug-likeness (QED) is 0.524. The Morgan fingerprint density at radius 3 is 2.50 bits per heavy atom. The van der Waals surface area contributed by atoms with Crippen molar-refractivity contribution in [1.82, 2.24) is 15.2 Å². The van der Waals surface area contributed by atoms with Gasteiger partial charge in [-0.25, -0.2) is 0 Å². The van der Waals surface area contributed by atoms with Gasteiger partial charge in [0, 0.05) is 55.8 Å². The van der Waals surface area contributed by atoms with E-state index in [4.69, 9.17) is 11.6 Å². The van der Waals surface area contributed by atoms with Gasteiger partial charge in [0.15, 0.2) is 0 Å². The van der Waals surface area contributed by atoms with Crippen LogP contribution in [0.15, 0.2) is 67.0 Å². The lowest BCUT2D eigenvalue weighted by Crippen LogP contribution is -2.60. The molecule has 2 aliphatic rings. The molecule has 5 rings (SSSR count). The van der Waals surface area contributed by atoms with E-state index in [2.05, 4.69) is 20.1 Å². The van der Waals surface area contributed by atoms with Gasteiger partial charge in [0.05, 0.1) is 17.5 Å². The summed E-state index contributed by atoms with van der Waals surface area (Å²) in [6.45, 7) is 3.06. The SMILES string of the molecule is O=C(NCc1ccncc1)[C@H]1Cc2cc(C(F)(F)F)ccc2N2CCN(Cc3ccc(Cl)cc3)C[C@@H]12. The highest BCUT2D eigenvalue weighted by Gasteiger charge is 2.42. The van der Waals surface area contributed by atoms with Crippen LogP contribution in [0.4, 0.5) is 18.9 Å². The van der Waals surface area contributed by atoms with Crippen LogP contribution in [-0.4, -0.2) is 41.5 Å². The number of hydrogen-bond acceptors (Lipinski definition) is 4. The van der Waals surface area contributed by atoms with Gasteiger partial charge in [-0.15, -0.1) is 0 Å². The number of alkyl halides is 3. The van der Waals surface area contributed by atoms with Crippen LogP contribution in [0.5, 0.6) is 0 Å². The van der Waals surface area contributed by atoms with Gasteiger partial charge < -0.3 is 10.2 Å². The van der Waals surface area contributed by atoms with Gasteiger partial charge in [-0.05, 0) is 65.6 Å². The first-order valence-electron chi connectivity index (χ1n) is 11.9. The predicted octanol–water partition coefficient (Wildman–Crippen LogP) is 4.93. The maximum Gasteiger partial charge on any atom is 0.416 e. The lowest BCUT2D eigenvalue weighted by molar-refractivity contribution is -0.137. The number of nitrogens with zero attached hydrogens (tertiary/aromatic N) is 3. The molecule has 3 heterocycles. The highest BCUT2D eigenvalue weighted by Crippen LogP contribution is 2.40. The standard InChI is InChI=1S/C27H26ClF3N4O/c28-22-4-1-19(2-5-22)16-34-11-12-35-24-6-3-21(27(29,30)31)13-20(24)14-23(25(35)17-34)26(36)33-15-18-7-9-32-10-8-18/h1-10,13,23,25H,11-12,14-17H2,(H,33,36)/t23-,25-/m0/s1. The van der Waals surface area contributed by atoms with Crippen molar-refractivity contribution in [2.75, 3.05) is 24.5 Å². The average Bonchev–Trinajstić information content (AvgIpc) is 2.88. The van der Waals surface area contributed by atoms with Gasteiger partial charge in [0.1, 0.15) is 0 Å². The molecule has 5 nitrogen and oxygen atoms in total. The minimum absolute atomic E-state index is 0.146. The molecule has 2 atom stereocenters. The third-order valence-electron chi connectivity index (χ3n) is 7.00. The predicted molar refractivity (Wildman–Crippen MR) is 133 cm³/mol. The molecule has 1 saturated heterocycles. The summed E-state index contributed by atoms with van der Waals surface area (Å²) < 4.78 is 40.3. The van der Waals surface area contributed by atoms with E-state index in [1.54, 1.807) is 18.5 Å². The van der Waals surface area contributed by atoms with Crippen LogP contribution in [0.2, 0.25) is 5.02 Å². The summed E-state index contributed by atoms with van der Waals surface area (Å²) in [4.78, 5) is 21.8. The van der Waals surface area contributed by atoms with Crippen molar-refractivity contribution in [3.63, 3.8) is 0 Å². The number of pyridine rings is 1. The molecule has 188 valence electrons. The molecule has 1 fully saturated rings. The van der Waals surface area contributed by atoms with E-state index in [0.29, 0.717) is 36.8 Å². The van der Waals surface area contributed by atoms with Crippen molar-refractivity contribution >= 4 is 23.2 Å². The van der Waals surface area contributed by atoms with Gasteiger partial charge in [-0.3, -0.25) is 14.7 Å². The van der Waals surface area contributed by atoms with E-state index in [-0.39, 0.29) is 18.4 Å². The number of amides is 1. The fourth-order valence-corrected chi connectivity index (χ4v) is 5.30. The minimum Gasteiger partial charge on any atom is -0.365 e. The first-order chi connectivity index (χ1) is 17.3. The first-order valence-corrected chi connectivity index (χ1v) is 12.3. The molecule has 0 saturated carbocycles. The molecule has 1 N–H and O–H groups in total. The number of hydrogen-bond donors (Lipinski definition) is 1. The summed E-state index contributed by atoms with van der Waals surface area (Å²) >= 11 is 6.02. The molecular formula is C27H26ClF3N4O. The Morgan fingerprint density at radius 2 is 1.78 bits per heavy atom. The molecule has 36 heavy (non-hydrogen) atoms. The molecule has 0 bridgehead atoms. The molecule has 1 amide bonds. The zero-order chi connectivity index (χ0) is 25.3. The summed E-state index contributed by atoms with van der Waals surface area (Å²) in [5, 5.41) is 3.68. The van der Waals surface area contributed by atoms with Gasteiger partial charge in [-0.1, -0.05) is 23.7 Å². The van der Waals surface area contributed by atoms with E-state index >= 15 is 0 Å². The zero-order valence-corrected chi connectivity index (χ0v) is 20.3. The Balaban J connectivity index is 1.40. The fourth-order valence-electron chi connectivity index (χ4n) is 5.17. The number of benzene rings is 2. The molecule has 0 unspecified atom stereocenters. The Kier molecular flexibility index (Phi) is 6.90. The number of anilines is 1. The number of halogens is 4. The van der Waals surface area contributed by atoms with Crippen molar-refractivity contribution in [2.24, 2.45) is 5.92 Å². The average molecular weight is 515 g/mol. The second-order valence-electron chi connectivity index (χ2n) is 9.35. The fraction of sp³-hybridized carbons (Fsp3) is 0.333. The monoisotopic (exact) mass is 514 g/mol. The van der Waals surface area contributed by atoms with Gasteiger partial charge in [0.2, 0.25) is 5.91 Å². The Bertz CT molecular complexity index is 1220. The summed E-state index contributed by atoms with van der Waals surface area (Å²) in [6.07, 6.45) is -0.845. The second-order valence-corrected chi connectivity index (χ2v) is 9.78. The van der Waals surface area contributed by atoms with Crippen molar-refractivity contribution in [2.45, 2.75) is 31.7 Å². The van der Waals surface area contributed by atoms with Gasteiger partial charge in [0.25, 0.3) is 0 Å². The van der Waals surface area contributed by atoms with E-state index in [0.717, 1.165) is 29.4 Å². The molecule has 0 radical (unpaired) electrons. The summed E-state index contributed by atoms with van der Waals surface area (Å²) in [7, 11) is 0. The van der Waals surface area contributed by atoms with Crippen LogP contribution in [0.25, 0.3) is 0 Å². The lowest BCUT2D eigenvalue weighted by Gasteiger charge is -2.49. The highest BCUT2D eigenvalue weighted by molar-refractivity contribution is 6.30. The number of carbonyl (C=O) groups excluding carboxylic acids is 1. The van der Waals surface area contributed by atoms with Gasteiger partial charge in [-0.2, -0.15) is 13.2 Å². The molecule has 1 aromatic heterocycles. The Hall–Kier alpha value is -3.10. The molecule has 0 aliphatic carbocycles. The van der Waals surface area contributed by atoms with Crippen LogP contribution in [0.1, 0.15) is 22.3 Å². The molecule has 3 aromatic rings. The molecule has 2 aromatic carbocycles. The second kappa shape index (κ2) is 10.1. The van der Waals surface area contributed by atoms with Crippen molar-refractivity contribution in [1.29, 1.82) is 0 Å². The topological polar surface area (TPSA) is 48.5 Å². The lowest BCUT2D eigenvalue weighted by atomic mass is 9.82. The van der Waals surface area contributed by atoms with Crippen LogP contribution in [0, 0.1) is 5.92 Å². The number of aromatic nitrogens is 1. The molecule has 2 aliphatic heterocycles. The highest BCUT2D eigenvalue weighted by atomic mass is 35.5. The van der Waals surface area contributed by atoms with Crippen LogP contribution < -0.4 is 10.2 Å². The third-order valence-corrected chi connectivity index (χ3v) is 7.25. The van der Waals surface area contributed by atoms with Gasteiger partial charge >= 0.3 is 6.18 Å². The summed E-state index contributed by atoms with van der Waals surface area (Å²) in [6, 6.07) is 15.1. The zero-order valence-electron chi connectivity index (χ0n) is 19.5. The number of piperazine rings is 1. The first kappa shape index (κ1) is 24.6. The maximum absolute atomic E-state index is 13.4. The largest absolute Gasteiger partial charge is 0.416 e. The Labute approximate surface area is 212 Å². The van der Waals surface area contributed by atoms with Crippen molar-refractivity contribution in [3.8, 4) is 0 Å². The summed E-state index contributed by atoms with van der Waals surface area (Å²) in [5.41, 5.74) is 2.71. The minimum atomic E-state index is -4.43. The van der Waals surface area contributed by atoms with Crippen molar-refractivity contribution < 1.29 is 18.0 Å². The summed E-state index contributed by atoms with van der Waals surface area (Å²) in [5.74, 6) is -0.631. The Morgan fingerprint density at radius 1 is 1.03 bits per heavy atom. The number of fused-ring (bicyclic) bond motifs is 3. The normalized spacial score (nSPS) is 19.9. The number of carbonyl (C=O) groups is 1. The number of nitrogens with one attached hydrogen (secondary N) is 1. The van der Waals surface area contributed by atoms with E-state index in [1.807, 2.05) is 36.4 Å². The van der Waals surface area contributed by atoms with Crippen LogP contribution in [-0.2, 0) is 30.5 Å². The van der Waals surface area contributed by atoms with E-state index in [9.17, 15) is 18.0 Å². The molecule has 0 spiro atoms. The van der Waals surface area contributed by atoms with E-state index in [1.165, 1.54) is 6.07 Å². The van der Waals surface area contributed by atoms with Crippen LogP contribution >= 0.6 is 11.6 Å². The molecular weight excluding hydrogens is 489 g/mol. The third kappa shape index (κ3) is 5.34. The maximum atomic E-state index is 13.4. The van der Waals surface area contributed by atoms with Crippen LogP contribution in [0.3, 0.4) is 0 Å².